The first-order valence-corrected chi connectivity index (χ1v) is 6.60. The van der Waals surface area contributed by atoms with E-state index < -0.39 is 0 Å². The zero-order valence-corrected chi connectivity index (χ0v) is 12.1. The summed E-state index contributed by atoms with van der Waals surface area (Å²) in [6.45, 7) is 1.39. The van der Waals surface area contributed by atoms with Gasteiger partial charge in [-0.05, 0) is 25.0 Å². The van der Waals surface area contributed by atoms with Gasteiger partial charge in [-0.15, -0.1) is 12.4 Å². The zero-order valence-electron chi connectivity index (χ0n) is 11.3. The molecular weight excluding hydrogens is 280 g/mol. The third kappa shape index (κ3) is 5.00. The lowest BCUT2D eigenvalue weighted by atomic mass is 10.2. The molecule has 1 aliphatic rings. The standard InChI is InChI=1S/C14H20N2O3.ClH/c15-10-12-6-7-13(19-12)14(17)16-8-9-18-11-4-2-1-3-5-11;/h1-5,12-13H,6-10,15H2,(H,16,17);1H/t12-,13+;/m1./s1. The van der Waals surface area contributed by atoms with E-state index in [1.165, 1.54) is 0 Å². The molecule has 1 aromatic carbocycles. The van der Waals surface area contributed by atoms with E-state index in [-0.39, 0.29) is 30.5 Å². The predicted molar refractivity (Wildman–Crippen MR) is 79.1 cm³/mol. The first-order valence-electron chi connectivity index (χ1n) is 6.60. The fraction of sp³-hybridized carbons (Fsp3) is 0.500. The highest BCUT2D eigenvalue weighted by Crippen LogP contribution is 2.18. The molecule has 6 heteroatoms. The van der Waals surface area contributed by atoms with Crippen molar-refractivity contribution in [3.05, 3.63) is 30.3 Å². The number of hydrogen-bond donors (Lipinski definition) is 2. The number of rotatable bonds is 6. The van der Waals surface area contributed by atoms with Crippen LogP contribution in [0.3, 0.4) is 0 Å². The van der Waals surface area contributed by atoms with Gasteiger partial charge in [0.25, 0.3) is 0 Å². The number of carbonyl (C=O) groups is 1. The minimum absolute atomic E-state index is 0. The molecule has 0 radical (unpaired) electrons. The molecule has 1 aliphatic heterocycles. The average molecular weight is 301 g/mol. The van der Waals surface area contributed by atoms with Gasteiger partial charge in [-0.1, -0.05) is 18.2 Å². The summed E-state index contributed by atoms with van der Waals surface area (Å²) in [4.78, 5) is 11.8. The number of halogens is 1. The SMILES string of the molecule is Cl.NC[C@H]1CC[C@@H](C(=O)NCCOc2ccccc2)O1. The molecule has 0 aromatic heterocycles. The van der Waals surface area contributed by atoms with Crippen LogP contribution < -0.4 is 15.8 Å². The van der Waals surface area contributed by atoms with Crippen molar-refractivity contribution in [1.82, 2.24) is 5.32 Å². The van der Waals surface area contributed by atoms with Gasteiger partial charge in [-0.3, -0.25) is 4.79 Å². The van der Waals surface area contributed by atoms with Gasteiger partial charge in [-0.2, -0.15) is 0 Å². The van der Waals surface area contributed by atoms with Crippen molar-refractivity contribution in [3.8, 4) is 5.75 Å². The lowest BCUT2D eigenvalue weighted by Gasteiger charge is -2.13. The summed E-state index contributed by atoms with van der Waals surface area (Å²) in [5.74, 6) is 0.727. The highest BCUT2D eigenvalue weighted by molar-refractivity contribution is 5.85. The zero-order chi connectivity index (χ0) is 13.5. The summed E-state index contributed by atoms with van der Waals surface area (Å²) in [5.41, 5.74) is 5.51. The summed E-state index contributed by atoms with van der Waals surface area (Å²) in [7, 11) is 0. The molecule has 1 fully saturated rings. The Balaban J connectivity index is 0.00000200. The molecule has 1 heterocycles. The van der Waals surface area contributed by atoms with Crippen LogP contribution >= 0.6 is 12.4 Å². The average Bonchev–Trinajstić information content (AvgIpc) is 2.93. The molecule has 0 bridgehead atoms. The fourth-order valence-corrected chi connectivity index (χ4v) is 2.05. The van der Waals surface area contributed by atoms with Crippen LogP contribution in [-0.4, -0.2) is 37.8 Å². The Morgan fingerprint density at radius 2 is 2.10 bits per heavy atom. The largest absolute Gasteiger partial charge is 0.492 e. The number of amides is 1. The van der Waals surface area contributed by atoms with Crippen LogP contribution in [0.5, 0.6) is 5.75 Å². The quantitative estimate of drug-likeness (QED) is 0.772. The van der Waals surface area contributed by atoms with E-state index in [0.29, 0.717) is 19.7 Å². The van der Waals surface area contributed by atoms with E-state index in [1.54, 1.807) is 0 Å². The molecule has 1 aromatic rings. The number of para-hydroxylation sites is 1. The maximum absolute atomic E-state index is 11.8. The van der Waals surface area contributed by atoms with Crippen molar-refractivity contribution < 1.29 is 14.3 Å². The third-order valence-electron chi connectivity index (χ3n) is 3.08. The van der Waals surface area contributed by atoms with Gasteiger partial charge in [0.2, 0.25) is 5.91 Å². The van der Waals surface area contributed by atoms with Gasteiger partial charge >= 0.3 is 0 Å². The van der Waals surface area contributed by atoms with Crippen LogP contribution in [-0.2, 0) is 9.53 Å². The Morgan fingerprint density at radius 3 is 2.75 bits per heavy atom. The second kappa shape index (κ2) is 8.79. The minimum Gasteiger partial charge on any atom is -0.492 e. The molecule has 2 rings (SSSR count). The third-order valence-corrected chi connectivity index (χ3v) is 3.08. The fourth-order valence-electron chi connectivity index (χ4n) is 2.05. The number of ether oxygens (including phenoxy) is 2. The molecule has 3 N–H and O–H groups in total. The molecule has 0 saturated carbocycles. The Labute approximate surface area is 125 Å². The van der Waals surface area contributed by atoms with Crippen LogP contribution in [0.1, 0.15) is 12.8 Å². The highest BCUT2D eigenvalue weighted by atomic mass is 35.5. The number of hydrogen-bond acceptors (Lipinski definition) is 4. The van der Waals surface area contributed by atoms with Gasteiger partial charge in [0.1, 0.15) is 18.5 Å². The maximum Gasteiger partial charge on any atom is 0.249 e. The molecular formula is C14H21ClN2O3. The number of nitrogens with one attached hydrogen (secondary N) is 1. The molecule has 20 heavy (non-hydrogen) atoms. The molecule has 112 valence electrons. The van der Waals surface area contributed by atoms with Crippen LogP contribution in [0.15, 0.2) is 30.3 Å². The van der Waals surface area contributed by atoms with Crippen molar-refractivity contribution in [2.75, 3.05) is 19.7 Å². The Morgan fingerprint density at radius 1 is 1.35 bits per heavy atom. The molecule has 0 aliphatic carbocycles. The summed E-state index contributed by atoms with van der Waals surface area (Å²) in [6.07, 6.45) is 1.27. The van der Waals surface area contributed by atoms with E-state index in [4.69, 9.17) is 15.2 Å². The van der Waals surface area contributed by atoms with Gasteiger partial charge < -0.3 is 20.5 Å². The first-order chi connectivity index (χ1) is 9.29. The minimum atomic E-state index is -0.356. The van der Waals surface area contributed by atoms with E-state index >= 15 is 0 Å². The van der Waals surface area contributed by atoms with Crippen molar-refractivity contribution in [1.29, 1.82) is 0 Å². The molecule has 1 amide bonds. The smallest absolute Gasteiger partial charge is 0.249 e. The summed E-state index contributed by atoms with van der Waals surface area (Å²) < 4.78 is 11.0. The lowest BCUT2D eigenvalue weighted by Crippen LogP contribution is -2.37. The molecule has 1 saturated heterocycles. The normalized spacial score (nSPS) is 21.1. The highest BCUT2D eigenvalue weighted by Gasteiger charge is 2.29. The van der Waals surface area contributed by atoms with Crippen molar-refractivity contribution in [2.24, 2.45) is 5.73 Å². The molecule has 0 spiro atoms. The topological polar surface area (TPSA) is 73.6 Å². The van der Waals surface area contributed by atoms with Crippen LogP contribution in [0, 0.1) is 0 Å². The summed E-state index contributed by atoms with van der Waals surface area (Å²) >= 11 is 0. The van der Waals surface area contributed by atoms with Crippen molar-refractivity contribution in [3.63, 3.8) is 0 Å². The predicted octanol–water partition coefficient (Wildman–Crippen LogP) is 1.11. The molecule has 0 unspecified atom stereocenters. The van der Waals surface area contributed by atoms with Crippen LogP contribution in [0.25, 0.3) is 0 Å². The molecule has 2 atom stereocenters. The summed E-state index contributed by atoms with van der Waals surface area (Å²) in [5, 5.41) is 2.81. The van der Waals surface area contributed by atoms with E-state index in [1.807, 2.05) is 30.3 Å². The number of benzene rings is 1. The van der Waals surface area contributed by atoms with Crippen molar-refractivity contribution >= 4 is 18.3 Å². The Hall–Kier alpha value is -1.30. The lowest BCUT2D eigenvalue weighted by molar-refractivity contribution is -0.131. The number of nitrogens with two attached hydrogens (primary N) is 1. The van der Waals surface area contributed by atoms with E-state index in [9.17, 15) is 4.79 Å². The van der Waals surface area contributed by atoms with Crippen LogP contribution in [0.2, 0.25) is 0 Å². The van der Waals surface area contributed by atoms with E-state index in [0.717, 1.165) is 18.6 Å². The number of carbonyl (C=O) groups excluding carboxylic acids is 1. The van der Waals surface area contributed by atoms with E-state index in [2.05, 4.69) is 5.32 Å². The monoisotopic (exact) mass is 300 g/mol. The van der Waals surface area contributed by atoms with Crippen LogP contribution in [0.4, 0.5) is 0 Å². The van der Waals surface area contributed by atoms with Gasteiger partial charge in [-0.25, -0.2) is 0 Å². The van der Waals surface area contributed by atoms with Gasteiger partial charge in [0, 0.05) is 6.54 Å². The van der Waals surface area contributed by atoms with Gasteiger partial charge in [0.15, 0.2) is 0 Å². The van der Waals surface area contributed by atoms with Gasteiger partial charge in [0.05, 0.1) is 12.6 Å². The summed E-state index contributed by atoms with van der Waals surface area (Å²) in [6, 6.07) is 9.52. The maximum atomic E-state index is 11.8. The Bertz CT molecular complexity index is 403. The molecule has 5 nitrogen and oxygen atoms in total. The first kappa shape index (κ1) is 16.8. The van der Waals surface area contributed by atoms with Crippen molar-refractivity contribution in [2.45, 2.75) is 25.0 Å². The second-order valence-electron chi connectivity index (χ2n) is 4.51. The Kier molecular flexibility index (Phi) is 7.36. The second-order valence-corrected chi connectivity index (χ2v) is 4.51.